The third-order valence-corrected chi connectivity index (χ3v) is 5.07. The molecule has 0 atom stereocenters. The molecule has 30 heavy (non-hydrogen) atoms. The van der Waals surface area contributed by atoms with Crippen molar-refractivity contribution in [2.75, 3.05) is 21.3 Å². The zero-order valence-electron chi connectivity index (χ0n) is 16.5. The van der Waals surface area contributed by atoms with Gasteiger partial charge in [-0.1, -0.05) is 29.8 Å². The lowest BCUT2D eigenvalue weighted by atomic mass is 10.1. The third-order valence-electron chi connectivity index (χ3n) is 4.71. The van der Waals surface area contributed by atoms with Crippen molar-refractivity contribution in [3.63, 3.8) is 0 Å². The zero-order valence-corrected chi connectivity index (χ0v) is 17.3. The van der Waals surface area contributed by atoms with Crippen LogP contribution in [-0.2, 0) is 6.54 Å². The van der Waals surface area contributed by atoms with Crippen molar-refractivity contribution in [2.45, 2.75) is 6.54 Å². The minimum absolute atomic E-state index is 0.267. The number of aliphatic imine (C=N–C) groups is 2. The number of carbonyl (C=O) groups excluding carboxylic acids is 1. The lowest BCUT2D eigenvalue weighted by molar-refractivity contribution is 0.253. The number of hydrogen-bond acceptors (Lipinski definition) is 6. The molecule has 9 heteroatoms. The smallest absolute Gasteiger partial charge is 0.371 e. The highest BCUT2D eigenvalue weighted by Crippen LogP contribution is 2.41. The van der Waals surface area contributed by atoms with Crippen LogP contribution >= 0.6 is 11.6 Å². The van der Waals surface area contributed by atoms with Gasteiger partial charge in [-0.05, 0) is 23.8 Å². The summed E-state index contributed by atoms with van der Waals surface area (Å²) in [6.45, 7) is 0.364. The Morgan fingerprint density at radius 3 is 2.37 bits per heavy atom. The van der Waals surface area contributed by atoms with E-state index in [1.807, 2.05) is 41.3 Å². The van der Waals surface area contributed by atoms with Crippen LogP contribution in [-0.4, -0.2) is 43.9 Å². The van der Waals surface area contributed by atoms with Gasteiger partial charge in [0.05, 0.1) is 39.8 Å². The molecule has 0 N–H and O–H groups in total. The molecule has 153 valence electrons. The molecule has 2 aliphatic heterocycles. The number of halogens is 1. The Morgan fingerprint density at radius 1 is 1.03 bits per heavy atom. The second-order valence-electron chi connectivity index (χ2n) is 6.39. The number of carbonyl (C=O) groups is 1. The first kappa shape index (κ1) is 19.8. The van der Waals surface area contributed by atoms with Crippen molar-refractivity contribution in [3.05, 3.63) is 58.7 Å². The molecule has 0 spiro atoms. The Kier molecular flexibility index (Phi) is 5.33. The van der Waals surface area contributed by atoms with Crippen LogP contribution in [0, 0.1) is 0 Å². The highest BCUT2D eigenvalue weighted by molar-refractivity contribution is 6.49. The molecule has 8 nitrogen and oxygen atoms in total. The number of methoxy groups -OCH3 is 3. The van der Waals surface area contributed by atoms with E-state index in [4.69, 9.17) is 25.8 Å². The van der Waals surface area contributed by atoms with Gasteiger partial charge in [0, 0.05) is 10.6 Å². The summed E-state index contributed by atoms with van der Waals surface area (Å²) in [4.78, 5) is 22.0. The van der Waals surface area contributed by atoms with E-state index < -0.39 is 6.03 Å². The van der Waals surface area contributed by atoms with Gasteiger partial charge in [-0.2, -0.15) is 10.3 Å². The predicted octanol–water partition coefficient (Wildman–Crippen LogP) is 3.72. The highest BCUT2D eigenvalue weighted by Gasteiger charge is 2.34. The molecule has 2 aromatic rings. The average Bonchev–Trinajstić information content (AvgIpc) is 3.15. The van der Waals surface area contributed by atoms with E-state index in [-0.39, 0.29) is 5.84 Å². The summed E-state index contributed by atoms with van der Waals surface area (Å²) in [5.74, 6) is 2.10. The summed E-state index contributed by atoms with van der Waals surface area (Å²) in [5, 5.41) is 4.47. The second kappa shape index (κ2) is 8.08. The lowest BCUT2D eigenvalue weighted by Gasteiger charge is -2.29. The quantitative estimate of drug-likeness (QED) is 0.704. The summed E-state index contributed by atoms with van der Waals surface area (Å²) >= 11 is 6.38. The Balaban J connectivity index is 1.84. The van der Waals surface area contributed by atoms with E-state index in [0.717, 1.165) is 11.1 Å². The van der Waals surface area contributed by atoms with Crippen molar-refractivity contribution < 1.29 is 19.0 Å². The van der Waals surface area contributed by atoms with Crippen LogP contribution in [0.1, 0.15) is 11.1 Å². The van der Waals surface area contributed by atoms with Crippen LogP contribution < -0.4 is 19.5 Å². The van der Waals surface area contributed by atoms with Crippen LogP contribution in [0.15, 0.2) is 52.6 Å². The molecule has 1 radical (unpaired) electrons. The van der Waals surface area contributed by atoms with Crippen LogP contribution in [0.2, 0.25) is 5.02 Å². The van der Waals surface area contributed by atoms with Crippen molar-refractivity contribution in [1.29, 1.82) is 0 Å². The third kappa shape index (κ3) is 3.46. The lowest BCUT2D eigenvalue weighted by Crippen LogP contribution is -2.37. The zero-order chi connectivity index (χ0) is 21.3. The SMILES string of the molecule is COc1cc(C2=CN=C3[N]C(=O)N=C3N2Cc2ccccc2Cl)cc(OC)c1OC. The van der Waals surface area contributed by atoms with E-state index in [0.29, 0.717) is 40.3 Å². The van der Waals surface area contributed by atoms with E-state index in [2.05, 4.69) is 15.3 Å². The number of urea groups is 1. The minimum Gasteiger partial charge on any atom is -0.493 e. The van der Waals surface area contributed by atoms with Gasteiger partial charge < -0.3 is 19.1 Å². The Bertz CT molecular complexity index is 1080. The Hall–Kier alpha value is -3.52. The fourth-order valence-electron chi connectivity index (χ4n) is 3.30. The normalized spacial score (nSPS) is 15.0. The van der Waals surface area contributed by atoms with Gasteiger partial charge in [0.1, 0.15) is 0 Å². The number of hydrogen-bond donors (Lipinski definition) is 0. The summed E-state index contributed by atoms with van der Waals surface area (Å²) < 4.78 is 16.4. The van der Waals surface area contributed by atoms with Crippen LogP contribution in [0.25, 0.3) is 5.70 Å². The summed E-state index contributed by atoms with van der Waals surface area (Å²) in [6, 6.07) is 10.5. The van der Waals surface area contributed by atoms with Gasteiger partial charge in [0.15, 0.2) is 17.3 Å². The van der Waals surface area contributed by atoms with Crippen molar-refractivity contribution in [3.8, 4) is 17.2 Å². The molecular weight excluding hydrogens is 408 g/mol. The van der Waals surface area contributed by atoms with Crippen LogP contribution in [0.4, 0.5) is 4.79 Å². The van der Waals surface area contributed by atoms with Gasteiger partial charge >= 0.3 is 6.03 Å². The van der Waals surface area contributed by atoms with Crippen LogP contribution in [0.3, 0.4) is 0 Å². The summed E-state index contributed by atoms with van der Waals surface area (Å²) in [7, 11) is 4.64. The van der Waals surface area contributed by atoms with E-state index in [1.165, 1.54) is 0 Å². The van der Waals surface area contributed by atoms with Gasteiger partial charge in [-0.3, -0.25) is 0 Å². The molecule has 4 rings (SSSR count). The molecule has 0 saturated heterocycles. The number of amidine groups is 2. The fourth-order valence-corrected chi connectivity index (χ4v) is 3.49. The number of ether oxygens (including phenoxy) is 3. The molecule has 2 heterocycles. The topological polar surface area (TPSA) is 86.8 Å². The largest absolute Gasteiger partial charge is 0.493 e. The number of rotatable bonds is 6. The minimum atomic E-state index is -0.590. The summed E-state index contributed by atoms with van der Waals surface area (Å²) in [5.41, 5.74) is 2.28. The fraction of sp³-hybridized carbons (Fsp3) is 0.190. The monoisotopic (exact) mass is 425 g/mol. The maximum atomic E-state index is 11.8. The number of fused-ring (bicyclic) bond motifs is 1. The molecule has 0 unspecified atom stereocenters. The number of benzene rings is 2. The maximum absolute atomic E-state index is 11.8. The molecule has 0 aliphatic carbocycles. The summed E-state index contributed by atoms with van der Waals surface area (Å²) in [6.07, 6.45) is 1.63. The molecule has 2 amide bonds. The van der Waals surface area contributed by atoms with Gasteiger partial charge in [-0.25, -0.2) is 9.79 Å². The highest BCUT2D eigenvalue weighted by atomic mass is 35.5. The molecule has 0 bridgehead atoms. The molecule has 0 fully saturated rings. The van der Waals surface area contributed by atoms with Gasteiger partial charge in [0.2, 0.25) is 11.6 Å². The number of amides is 2. The molecule has 2 aromatic carbocycles. The molecule has 0 aromatic heterocycles. The van der Waals surface area contributed by atoms with Gasteiger partial charge in [0.25, 0.3) is 0 Å². The Labute approximate surface area is 178 Å². The number of nitrogens with zero attached hydrogens (tertiary/aromatic N) is 4. The molecule has 0 saturated carbocycles. The van der Waals surface area contributed by atoms with Crippen LogP contribution in [0.5, 0.6) is 17.2 Å². The van der Waals surface area contributed by atoms with Crippen molar-refractivity contribution in [1.82, 2.24) is 10.2 Å². The standard InChI is InChI=1S/C21H18ClN4O4/c1-28-16-8-13(9-17(29-2)18(16)30-3)15-10-23-19-20(25-21(27)24-19)26(15)11-12-6-4-5-7-14(12)22/h4-10H,11H2,1-3H3. The van der Waals surface area contributed by atoms with Gasteiger partial charge in [-0.15, -0.1) is 0 Å². The maximum Gasteiger partial charge on any atom is 0.371 e. The van der Waals surface area contributed by atoms with E-state index >= 15 is 0 Å². The predicted molar refractivity (Wildman–Crippen MR) is 113 cm³/mol. The first-order valence-electron chi connectivity index (χ1n) is 8.99. The van der Waals surface area contributed by atoms with E-state index in [1.54, 1.807) is 27.5 Å². The van der Waals surface area contributed by atoms with Crippen molar-refractivity contribution in [2.24, 2.45) is 9.98 Å². The van der Waals surface area contributed by atoms with Crippen molar-refractivity contribution >= 4 is 35.0 Å². The first-order chi connectivity index (χ1) is 14.5. The van der Waals surface area contributed by atoms with E-state index in [9.17, 15) is 4.79 Å². The molecular formula is C21H18ClN4O4. The second-order valence-corrected chi connectivity index (χ2v) is 6.80. The first-order valence-corrected chi connectivity index (χ1v) is 9.37. The Morgan fingerprint density at radius 2 is 1.73 bits per heavy atom. The molecule has 2 aliphatic rings. The average molecular weight is 426 g/mol.